The van der Waals surface area contributed by atoms with Crippen LogP contribution in [-0.2, 0) is 4.79 Å². The molecule has 0 radical (unpaired) electrons. The maximum atomic E-state index is 12.7. The second-order valence-corrected chi connectivity index (χ2v) is 5.88. The van der Waals surface area contributed by atoms with Crippen LogP contribution in [0.2, 0.25) is 0 Å². The first-order chi connectivity index (χ1) is 9.94. The molecule has 1 heterocycles. The average Bonchev–Trinajstić information content (AvgIpc) is 2.46. The third-order valence-electron chi connectivity index (χ3n) is 4.39. The van der Waals surface area contributed by atoms with Crippen molar-refractivity contribution in [2.24, 2.45) is 0 Å². The second kappa shape index (κ2) is 6.24. The number of pyridine rings is 1. The summed E-state index contributed by atoms with van der Waals surface area (Å²) >= 11 is 0. The maximum absolute atomic E-state index is 12.7. The number of aryl methyl sites for hydroxylation is 1. The zero-order chi connectivity index (χ0) is 15.5. The lowest BCUT2D eigenvalue weighted by molar-refractivity contribution is -0.140. The van der Waals surface area contributed by atoms with Crippen LogP contribution in [-0.4, -0.2) is 39.5 Å². The molecule has 0 bridgehead atoms. The largest absolute Gasteiger partial charge is 0.481 e. The first-order valence-corrected chi connectivity index (χ1v) is 7.38. The van der Waals surface area contributed by atoms with Crippen LogP contribution in [0.3, 0.4) is 0 Å². The van der Waals surface area contributed by atoms with Gasteiger partial charge in [0.25, 0.3) is 5.91 Å². The summed E-state index contributed by atoms with van der Waals surface area (Å²) < 4.78 is 0. The van der Waals surface area contributed by atoms with Gasteiger partial charge in [0.05, 0.1) is 12.0 Å². The summed E-state index contributed by atoms with van der Waals surface area (Å²) in [4.78, 5) is 29.8. The standard InChI is InChI=1S/C16H22N2O3/c1-12-7-6-8-13(17-12)15(21)18(2)16(11-14(19)20)9-4-3-5-10-16/h6-8H,3-5,9-11H2,1-2H3,(H,19,20). The molecule has 2 rings (SSSR count). The van der Waals surface area contributed by atoms with E-state index in [1.165, 1.54) is 0 Å². The molecule has 1 aliphatic carbocycles. The Bertz CT molecular complexity index is 536. The van der Waals surface area contributed by atoms with E-state index in [4.69, 9.17) is 0 Å². The Morgan fingerprint density at radius 2 is 1.95 bits per heavy atom. The molecule has 1 saturated carbocycles. The Morgan fingerprint density at radius 1 is 1.29 bits per heavy atom. The zero-order valence-corrected chi connectivity index (χ0v) is 12.6. The predicted octanol–water partition coefficient (Wildman–Crippen LogP) is 2.64. The number of carboxylic acid groups (broad SMARTS) is 1. The number of aromatic nitrogens is 1. The van der Waals surface area contributed by atoms with Gasteiger partial charge in [0, 0.05) is 12.7 Å². The zero-order valence-electron chi connectivity index (χ0n) is 12.6. The molecule has 1 aliphatic rings. The molecular weight excluding hydrogens is 268 g/mol. The van der Waals surface area contributed by atoms with E-state index in [0.717, 1.165) is 37.8 Å². The van der Waals surface area contributed by atoms with Crippen molar-refractivity contribution < 1.29 is 14.7 Å². The van der Waals surface area contributed by atoms with Gasteiger partial charge in [-0.15, -0.1) is 0 Å². The lowest BCUT2D eigenvalue weighted by atomic mass is 9.78. The van der Waals surface area contributed by atoms with Gasteiger partial charge < -0.3 is 10.0 Å². The summed E-state index contributed by atoms with van der Waals surface area (Å²) in [7, 11) is 1.71. The van der Waals surface area contributed by atoms with Crippen LogP contribution in [0.4, 0.5) is 0 Å². The Kier molecular flexibility index (Phi) is 4.60. The first-order valence-electron chi connectivity index (χ1n) is 7.38. The summed E-state index contributed by atoms with van der Waals surface area (Å²) in [5.74, 6) is -1.05. The van der Waals surface area contributed by atoms with Gasteiger partial charge in [0.2, 0.25) is 0 Å². The number of hydrogen-bond donors (Lipinski definition) is 1. The smallest absolute Gasteiger partial charge is 0.305 e. The van der Waals surface area contributed by atoms with Gasteiger partial charge >= 0.3 is 5.97 Å². The van der Waals surface area contributed by atoms with E-state index in [-0.39, 0.29) is 12.3 Å². The van der Waals surface area contributed by atoms with Gasteiger partial charge in [-0.25, -0.2) is 4.98 Å². The Hall–Kier alpha value is -1.91. The van der Waals surface area contributed by atoms with Crippen molar-refractivity contribution in [1.29, 1.82) is 0 Å². The highest BCUT2D eigenvalue weighted by Crippen LogP contribution is 2.36. The molecule has 0 aromatic carbocycles. The fourth-order valence-corrected chi connectivity index (χ4v) is 3.17. The molecule has 5 heteroatoms. The van der Waals surface area contributed by atoms with Gasteiger partial charge in [-0.3, -0.25) is 9.59 Å². The van der Waals surface area contributed by atoms with Crippen LogP contribution in [0.15, 0.2) is 18.2 Å². The molecule has 114 valence electrons. The van der Waals surface area contributed by atoms with Crippen molar-refractivity contribution in [2.75, 3.05) is 7.05 Å². The van der Waals surface area contributed by atoms with Gasteiger partial charge in [0.1, 0.15) is 5.69 Å². The lowest BCUT2D eigenvalue weighted by Gasteiger charge is -2.43. The monoisotopic (exact) mass is 290 g/mol. The Morgan fingerprint density at radius 3 is 2.52 bits per heavy atom. The van der Waals surface area contributed by atoms with Crippen LogP contribution in [0.5, 0.6) is 0 Å². The molecule has 1 amide bonds. The van der Waals surface area contributed by atoms with Crippen molar-refractivity contribution in [3.8, 4) is 0 Å². The fourth-order valence-electron chi connectivity index (χ4n) is 3.17. The fraction of sp³-hybridized carbons (Fsp3) is 0.562. The molecule has 0 aliphatic heterocycles. The predicted molar refractivity (Wildman–Crippen MR) is 79.1 cm³/mol. The summed E-state index contributed by atoms with van der Waals surface area (Å²) in [5.41, 5.74) is 0.588. The van der Waals surface area contributed by atoms with E-state index in [0.29, 0.717) is 5.69 Å². The van der Waals surface area contributed by atoms with Gasteiger partial charge in [-0.1, -0.05) is 25.3 Å². The van der Waals surface area contributed by atoms with Crippen LogP contribution < -0.4 is 0 Å². The van der Waals surface area contributed by atoms with E-state index in [2.05, 4.69) is 4.98 Å². The molecule has 0 saturated heterocycles. The number of carboxylic acids is 1. The lowest BCUT2D eigenvalue weighted by Crippen LogP contribution is -2.52. The number of nitrogens with zero attached hydrogens (tertiary/aromatic N) is 2. The summed E-state index contributed by atoms with van der Waals surface area (Å²) in [5, 5.41) is 9.22. The number of hydrogen-bond acceptors (Lipinski definition) is 3. The second-order valence-electron chi connectivity index (χ2n) is 5.88. The summed E-state index contributed by atoms with van der Waals surface area (Å²) in [6.07, 6.45) is 4.52. The van der Waals surface area contributed by atoms with Crippen molar-refractivity contribution in [2.45, 2.75) is 51.0 Å². The Labute approximate surface area is 125 Å². The molecule has 0 unspecified atom stereocenters. The van der Waals surface area contributed by atoms with Crippen LogP contribution >= 0.6 is 0 Å². The minimum absolute atomic E-state index is 0.00105. The van der Waals surface area contributed by atoms with E-state index in [1.807, 2.05) is 13.0 Å². The summed E-state index contributed by atoms with van der Waals surface area (Å²) in [6, 6.07) is 5.32. The number of rotatable bonds is 4. The van der Waals surface area contributed by atoms with Gasteiger partial charge in [-0.2, -0.15) is 0 Å². The molecule has 1 aromatic heterocycles. The van der Waals surface area contributed by atoms with Crippen molar-refractivity contribution in [3.63, 3.8) is 0 Å². The molecule has 0 atom stereocenters. The molecule has 1 fully saturated rings. The van der Waals surface area contributed by atoms with Gasteiger partial charge in [-0.05, 0) is 31.9 Å². The minimum Gasteiger partial charge on any atom is -0.481 e. The number of carbonyl (C=O) groups excluding carboxylic acids is 1. The van der Waals surface area contributed by atoms with E-state index in [9.17, 15) is 14.7 Å². The van der Waals surface area contributed by atoms with E-state index >= 15 is 0 Å². The van der Waals surface area contributed by atoms with Crippen LogP contribution in [0.1, 0.15) is 54.7 Å². The highest BCUT2D eigenvalue weighted by atomic mass is 16.4. The molecular formula is C16H22N2O3. The third kappa shape index (κ3) is 3.40. The minimum atomic E-state index is -0.853. The first kappa shape index (κ1) is 15.5. The van der Waals surface area contributed by atoms with Crippen molar-refractivity contribution >= 4 is 11.9 Å². The number of carbonyl (C=O) groups is 2. The molecule has 1 aromatic rings. The number of amides is 1. The number of aliphatic carboxylic acids is 1. The van der Waals surface area contributed by atoms with Crippen LogP contribution in [0, 0.1) is 6.92 Å². The topological polar surface area (TPSA) is 70.5 Å². The van der Waals surface area contributed by atoms with E-state index in [1.54, 1.807) is 24.1 Å². The van der Waals surface area contributed by atoms with Crippen molar-refractivity contribution in [1.82, 2.24) is 9.88 Å². The molecule has 5 nitrogen and oxygen atoms in total. The van der Waals surface area contributed by atoms with E-state index < -0.39 is 11.5 Å². The van der Waals surface area contributed by atoms with Crippen molar-refractivity contribution in [3.05, 3.63) is 29.6 Å². The third-order valence-corrected chi connectivity index (χ3v) is 4.39. The Balaban J connectivity index is 2.27. The molecule has 0 spiro atoms. The quantitative estimate of drug-likeness (QED) is 0.925. The normalized spacial score (nSPS) is 17.2. The highest BCUT2D eigenvalue weighted by molar-refractivity contribution is 5.93. The SMILES string of the molecule is Cc1cccc(C(=O)N(C)C2(CC(=O)O)CCCCC2)n1. The van der Waals surface area contributed by atoms with Crippen LogP contribution in [0.25, 0.3) is 0 Å². The molecule has 21 heavy (non-hydrogen) atoms. The summed E-state index contributed by atoms with van der Waals surface area (Å²) in [6.45, 7) is 1.84. The molecule has 1 N–H and O–H groups in total. The average molecular weight is 290 g/mol. The van der Waals surface area contributed by atoms with Gasteiger partial charge in [0.15, 0.2) is 0 Å². The highest BCUT2D eigenvalue weighted by Gasteiger charge is 2.40. The maximum Gasteiger partial charge on any atom is 0.305 e.